The van der Waals surface area contributed by atoms with E-state index in [-0.39, 0.29) is 5.91 Å². The number of carbonyl (C=O) groups is 2. The first-order chi connectivity index (χ1) is 9.99. The second-order valence-corrected chi connectivity index (χ2v) is 5.10. The van der Waals surface area contributed by atoms with Crippen molar-refractivity contribution in [3.8, 4) is 0 Å². The van der Waals surface area contributed by atoms with E-state index in [4.69, 9.17) is 11.6 Å². The standard InChI is InChI=1S/C16H15ClN2O2/c1-10-5-3-8-14(11(10)2)16(21)19-18-15(20)12-6-4-7-13(17)9-12/h3-9H,1-2H3,(H,18,20)(H,19,21). The van der Waals surface area contributed by atoms with Crippen LogP contribution in [0.3, 0.4) is 0 Å². The lowest BCUT2D eigenvalue weighted by molar-refractivity contribution is 0.0846. The van der Waals surface area contributed by atoms with Gasteiger partial charge in [-0.05, 0) is 49.2 Å². The summed E-state index contributed by atoms with van der Waals surface area (Å²) < 4.78 is 0. The highest BCUT2D eigenvalue weighted by atomic mass is 35.5. The summed E-state index contributed by atoms with van der Waals surface area (Å²) >= 11 is 5.82. The van der Waals surface area contributed by atoms with Crippen LogP contribution in [0.15, 0.2) is 42.5 Å². The number of halogens is 1. The molecule has 2 rings (SSSR count). The lowest BCUT2D eigenvalue weighted by atomic mass is 10.0. The summed E-state index contributed by atoms with van der Waals surface area (Å²) in [6.45, 7) is 3.79. The summed E-state index contributed by atoms with van der Waals surface area (Å²) in [5.41, 5.74) is 7.58. The Morgan fingerprint density at radius 3 is 2.33 bits per heavy atom. The molecule has 108 valence electrons. The van der Waals surface area contributed by atoms with E-state index in [1.807, 2.05) is 19.9 Å². The maximum absolute atomic E-state index is 12.1. The Hall–Kier alpha value is -2.33. The van der Waals surface area contributed by atoms with E-state index in [1.165, 1.54) is 6.07 Å². The predicted molar refractivity (Wildman–Crippen MR) is 82.3 cm³/mol. The van der Waals surface area contributed by atoms with Crippen molar-refractivity contribution < 1.29 is 9.59 Å². The zero-order chi connectivity index (χ0) is 15.4. The molecule has 0 aliphatic rings. The number of hydrogen-bond acceptors (Lipinski definition) is 2. The number of hydrazine groups is 1. The van der Waals surface area contributed by atoms with Gasteiger partial charge in [-0.1, -0.05) is 29.8 Å². The molecule has 0 atom stereocenters. The number of rotatable bonds is 2. The molecule has 0 spiro atoms. The maximum atomic E-state index is 12.1. The van der Waals surface area contributed by atoms with Gasteiger partial charge in [-0.15, -0.1) is 0 Å². The smallest absolute Gasteiger partial charge is 0.267 e. The Labute approximate surface area is 128 Å². The van der Waals surface area contributed by atoms with Gasteiger partial charge in [-0.3, -0.25) is 20.4 Å². The van der Waals surface area contributed by atoms with Crippen LogP contribution in [-0.4, -0.2) is 11.8 Å². The van der Waals surface area contributed by atoms with Crippen molar-refractivity contribution in [3.05, 3.63) is 69.7 Å². The zero-order valence-corrected chi connectivity index (χ0v) is 12.5. The fourth-order valence-corrected chi connectivity index (χ4v) is 2.07. The van der Waals surface area contributed by atoms with Crippen LogP contribution < -0.4 is 10.9 Å². The summed E-state index contributed by atoms with van der Waals surface area (Å²) in [6, 6.07) is 11.9. The Morgan fingerprint density at radius 2 is 1.62 bits per heavy atom. The molecule has 2 aromatic rings. The van der Waals surface area contributed by atoms with Crippen LogP contribution in [-0.2, 0) is 0 Å². The summed E-state index contributed by atoms with van der Waals surface area (Å²) in [5, 5.41) is 0.462. The molecular weight excluding hydrogens is 288 g/mol. The molecule has 0 aromatic heterocycles. The van der Waals surface area contributed by atoms with Crippen molar-refractivity contribution >= 4 is 23.4 Å². The van der Waals surface area contributed by atoms with Crippen LogP contribution in [0.5, 0.6) is 0 Å². The summed E-state index contributed by atoms with van der Waals surface area (Å²) in [6.07, 6.45) is 0. The van der Waals surface area contributed by atoms with Crippen LogP contribution in [0, 0.1) is 13.8 Å². The van der Waals surface area contributed by atoms with Crippen LogP contribution in [0.2, 0.25) is 5.02 Å². The summed E-state index contributed by atoms with van der Waals surface area (Å²) in [5.74, 6) is -0.775. The predicted octanol–water partition coefficient (Wildman–Crippen LogP) is 3.03. The first kappa shape index (κ1) is 15.1. The fourth-order valence-electron chi connectivity index (χ4n) is 1.88. The van der Waals surface area contributed by atoms with E-state index in [0.717, 1.165) is 11.1 Å². The number of hydrogen-bond donors (Lipinski definition) is 2. The zero-order valence-electron chi connectivity index (χ0n) is 11.7. The molecule has 0 radical (unpaired) electrons. The molecular formula is C16H15ClN2O2. The number of amides is 2. The van der Waals surface area contributed by atoms with Gasteiger partial charge in [0.05, 0.1) is 0 Å². The summed E-state index contributed by atoms with van der Waals surface area (Å²) in [7, 11) is 0. The normalized spacial score (nSPS) is 10.0. The molecule has 0 fully saturated rings. The monoisotopic (exact) mass is 302 g/mol. The Bertz CT molecular complexity index is 698. The topological polar surface area (TPSA) is 58.2 Å². The average Bonchev–Trinajstić information content (AvgIpc) is 2.47. The Balaban J connectivity index is 2.04. The maximum Gasteiger partial charge on any atom is 0.269 e. The third-order valence-electron chi connectivity index (χ3n) is 3.23. The average molecular weight is 303 g/mol. The van der Waals surface area contributed by atoms with Gasteiger partial charge in [-0.25, -0.2) is 0 Å². The van der Waals surface area contributed by atoms with Crippen molar-refractivity contribution in [1.29, 1.82) is 0 Å². The van der Waals surface area contributed by atoms with Crippen LogP contribution in [0.25, 0.3) is 0 Å². The van der Waals surface area contributed by atoms with Gasteiger partial charge < -0.3 is 0 Å². The molecule has 0 saturated heterocycles. The molecule has 0 saturated carbocycles. The second-order valence-electron chi connectivity index (χ2n) is 4.67. The molecule has 5 heteroatoms. The molecule has 2 aromatic carbocycles. The molecule has 0 aliphatic heterocycles. The molecule has 4 nitrogen and oxygen atoms in total. The second kappa shape index (κ2) is 6.41. The van der Waals surface area contributed by atoms with Crippen LogP contribution >= 0.6 is 11.6 Å². The first-order valence-electron chi connectivity index (χ1n) is 6.41. The number of carbonyl (C=O) groups excluding carboxylic acids is 2. The third kappa shape index (κ3) is 3.61. The van der Waals surface area contributed by atoms with E-state index >= 15 is 0 Å². The largest absolute Gasteiger partial charge is 0.269 e. The molecule has 0 unspecified atom stereocenters. The number of nitrogens with one attached hydrogen (secondary N) is 2. The first-order valence-corrected chi connectivity index (χ1v) is 6.79. The number of aryl methyl sites for hydroxylation is 1. The van der Waals surface area contributed by atoms with Crippen molar-refractivity contribution in [3.63, 3.8) is 0 Å². The highest BCUT2D eigenvalue weighted by Gasteiger charge is 2.12. The van der Waals surface area contributed by atoms with Gasteiger partial charge in [-0.2, -0.15) is 0 Å². The van der Waals surface area contributed by atoms with E-state index in [1.54, 1.807) is 30.3 Å². The van der Waals surface area contributed by atoms with Crippen molar-refractivity contribution in [2.75, 3.05) is 0 Å². The minimum Gasteiger partial charge on any atom is -0.267 e. The Kier molecular flexibility index (Phi) is 4.60. The van der Waals surface area contributed by atoms with Gasteiger partial charge in [0.25, 0.3) is 11.8 Å². The van der Waals surface area contributed by atoms with E-state index in [9.17, 15) is 9.59 Å². The highest BCUT2D eigenvalue weighted by Crippen LogP contribution is 2.12. The Morgan fingerprint density at radius 1 is 0.952 bits per heavy atom. The number of benzene rings is 2. The minimum absolute atomic E-state index is 0.355. The van der Waals surface area contributed by atoms with Crippen molar-refractivity contribution in [2.45, 2.75) is 13.8 Å². The van der Waals surface area contributed by atoms with Crippen LogP contribution in [0.4, 0.5) is 0 Å². The van der Waals surface area contributed by atoms with Gasteiger partial charge in [0.2, 0.25) is 0 Å². The lowest BCUT2D eigenvalue weighted by Gasteiger charge is -2.10. The SMILES string of the molecule is Cc1cccc(C(=O)NNC(=O)c2cccc(Cl)c2)c1C. The van der Waals surface area contributed by atoms with Crippen LogP contribution in [0.1, 0.15) is 31.8 Å². The molecule has 2 N–H and O–H groups in total. The quantitative estimate of drug-likeness (QED) is 0.838. The van der Waals surface area contributed by atoms with E-state index < -0.39 is 5.91 Å². The van der Waals surface area contributed by atoms with Crippen molar-refractivity contribution in [2.24, 2.45) is 0 Å². The molecule has 0 aliphatic carbocycles. The van der Waals surface area contributed by atoms with E-state index in [0.29, 0.717) is 16.1 Å². The van der Waals surface area contributed by atoms with Gasteiger partial charge in [0.1, 0.15) is 0 Å². The lowest BCUT2D eigenvalue weighted by Crippen LogP contribution is -2.41. The molecule has 0 bridgehead atoms. The third-order valence-corrected chi connectivity index (χ3v) is 3.46. The fraction of sp³-hybridized carbons (Fsp3) is 0.125. The van der Waals surface area contributed by atoms with Crippen molar-refractivity contribution in [1.82, 2.24) is 10.9 Å². The van der Waals surface area contributed by atoms with Gasteiger partial charge >= 0.3 is 0 Å². The van der Waals surface area contributed by atoms with Gasteiger partial charge in [0.15, 0.2) is 0 Å². The molecule has 2 amide bonds. The van der Waals surface area contributed by atoms with Gasteiger partial charge in [0, 0.05) is 16.1 Å². The highest BCUT2D eigenvalue weighted by molar-refractivity contribution is 6.30. The minimum atomic E-state index is -0.420. The molecule has 21 heavy (non-hydrogen) atoms. The summed E-state index contributed by atoms with van der Waals surface area (Å²) in [4.78, 5) is 24.0. The molecule has 0 heterocycles. The van der Waals surface area contributed by atoms with E-state index in [2.05, 4.69) is 10.9 Å².